The van der Waals surface area contributed by atoms with Gasteiger partial charge in [0.25, 0.3) is 0 Å². The Morgan fingerprint density at radius 1 is 1.38 bits per heavy atom. The Kier molecular flexibility index (Phi) is 1.79. The van der Waals surface area contributed by atoms with Gasteiger partial charge in [0.05, 0.1) is 6.04 Å². The largest absolute Gasteiger partial charge is 0.311 e. The molecule has 1 amide bonds. The molecule has 2 heterocycles. The number of hydrogen-bond acceptors (Lipinski definition) is 2. The standard InChI is InChI=1S/C10H9NO2/c1-7-8-4-2-3-5-11(8)10(13)6-9(7)12/h2-5,7-8H,1H3. The van der Waals surface area contributed by atoms with Gasteiger partial charge in [-0.1, -0.05) is 19.1 Å². The van der Waals surface area contributed by atoms with E-state index in [-0.39, 0.29) is 23.7 Å². The zero-order valence-electron chi connectivity index (χ0n) is 7.23. The van der Waals surface area contributed by atoms with E-state index in [1.54, 1.807) is 12.3 Å². The van der Waals surface area contributed by atoms with Crippen LogP contribution in [0.25, 0.3) is 0 Å². The van der Waals surface area contributed by atoms with Crippen molar-refractivity contribution in [3.8, 4) is 0 Å². The van der Waals surface area contributed by atoms with E-state index in [0.29, 0.717) is 0 Å². The highest BCUT2D eigenvalue weighted by Gasteiger charge is 2.37. The minimum absolute atomic E-state index is 0.119. The topological polar surface area (TPSA) is 37.4 Å². The molecule has 2 aliphatic heterocycles. The van der Waals surface area contributed by atoms with Crippen LogP contribution in [0.3, 0.4) is 0 Å². The normalized spacial score (nSPS) is 32.2. The maximum Gasteiger partial charge on any atom is 0.244 e. The third kappa shape index (κ3) is 1.20. The highest BCUT2D eigenvalue weighted by molar-refractivity contribution is 6.13. The molecular weight excluding hydrogens is 166 g/mol. The summed E-state index contributed by atoms with van der Waals surface area (Å²) in [5.74, 6) is -0.723. The van der Waals surface area contributed by atoms with Gasteiger partial charge in [-0.15, -0.1) is 0 Å². The molecule has 2 aliphatic rings. The van der Waals surface area contributed by atoms with Crippen LogP contribution in [-0.4, -0.2) is 22.6 Å². The Balaban J connectivity index is 2.32. The van der Waals surface area contributed by atoms with Gasteiger partial charge in [-0.25, -0.2) is 0 Å². The summed E-state index contributed by atoms with van der Waals surface area (Å²) in [6.45, 7) is 1.81. The summed E-state index contributed by atoms with van der Waals surface area (Å²) in [6, 6.07) is -0.119. The molecule has 2 unspecified atom stereocenters. The van der Waals surface area contributed by atoms with E-state index in [2.05, 4.69) is 6.42 Å². The first kappa shape index (κ1) is 8.23. The van der Waals surface area contributed by atoms with Crippen LogP contribution in [0.5, 0.6) is 0 Å². The zero-order chi connectivity index (χ0) is 9.42. The molecule has 2 rings (SSSR count). The quantitative estimate of drug-likeness (QED) is 0.539. The summed E-state index contributed by atoms with van der Waals surface area (Å²) in [7, 11) is 0. The number of ketones is 1. The minimum atomic E-state index is -0.339. The fourth-order valence-corrected chi connectivity index (χ4v) is 1.56. The van der Waals surface area contributed by atoms with Crippen molar-refractivity contribution in [3.63, 3.8) is 0 Å². The third-order valence-corrected chi connectivity index (χ3v) is 2.38. The number of carbonyl (C=O) groups excluding carboxylic acids is 2. The van der Waals surface area contributed by atoms with Crippen LogP contribution >= 0.6 is 0 Å². The van der Waals surface area contributed by atoms with Crippen LogP contribution in [0.4, 0.5) is 0 Å². The Morgan fingerprint density at radius 3 is 2.92 bits per heavy atom. The van der Waals surface area contributed by atoms with E-state index < -0.39 is 0 Å². The molecule has 2 radical (unpaired) electrons. The highest BCUT2D eigenvalue weighted by atomic mass is 16.2. The summed E-state index contributed by atoms with van der Waals surface area (Å²) < 4.78 is 0. The van der Waals surface area contributed by atoms with Crippen LogP contribution in [0, 0.1) is 12.3 Å². The number of carbonyl (C=O) groups is 2. The lowest BCUT2D eigenvalue weighted by Gasteiger charge is -2.35. The lowest BCUT2D eigenvalue weighted by molar-refractivity contribution is -0.136. The Hall–Kier alpha value is -1.38. The molecule has 0 bridgehead atoms. The first-order valence-electron chi connectivity index (χ1n) is 4.18. The number of Topliss-reactive ketones (excluding diaryl/α,β-unsaturated/α-hetero) is 1. The van der Waals surface area contributed by atoms with Gasteiger partial charge < -0.3 is 4.90 Å². The molecule has 0 spiro atoms. The van der Waals surface area contributed by atoms with Crippen LogP contribution in [0.1, 0.15) is 6.92 Å². The van der Waals surface area contributed by atoms with Crippen molar-refractivity contribution in [2.24, 2.45) is 5.92 Å². The van der Waals surface area contributed by atoms with E-state index in [0.717, 1.165) is 0 Å². The monoisotopic (exact) mass is 175 g/mol. The molecule has 3 nitrogen and oxygen atoms in total. The van der Waals surface area contributed by atoms with Crippen LogP contribution in [0.15, 0.2) is 24.4 Å². The minimum Gasteiger partial charge on any atom is -0.311 e. The van der Waals surface area contributed by atoms with Gasteiger partial charge >= 0.3 is 0 Å². The number of fused-ring (bicyclic) bond motifs is 1. The number of hydrogen-bond donors (Lipinski definition) is 0. The van der Waals surface area contributed by atoms with Crippen molar-refractivity contribution < 1.29 is 9.59 Å². The van der Waals surface area contributed by atoms with Crippen LogP contribution in [0.2, 0.25) is 0 Å². The summed E-state index contributed by atoms with van der Waals surface area (Å²) in [5, 5.41) is 0. The predicted octanol–water partition coefficient (Wildman–Crippen LogP) is 0.567. The molecule has 1 saturated heterocycles. The van der Waals surface area contributed by atoms with Gasteiger partial charge in [-0.05, 0) is 6.08 Å². The second kappa shape index (κ2) is 2.83. The second-order valence-electron chi connectivity index (χ2n) is 3.21. The summed E-state index contributed by atoms with van der Waals surface area (Å²) in [4.78, 5) is 24.1. The van der Waals surface area contributed by atoms with Gasteiger partial charge in [-0.3, -0.25) is 9.59 Å². The van der Waals surface area contributed by atoms with E-state index in [4.69, 9.17) is 0 Å². The molecule has 0 aromatic heterocycles. The Morgan fingerprint density at radius 2 is 2.15 bits per heavy atom. The first-order chi connectivity index (χ1) is 6.20. The lowest BCUT2D eigenvalue weighted by Crippen LogP contribution is -2.49. The third-order valence-electron chi connectivity index (χ3n) is 2.38. The van der Waals surface area contributed by atoms with Crippen molar-refractivity contribution in [1.82, 2.24) is 4.90 Å². The maximum atomic E-state index is 11.3. The molecule has 0 aromatic rings. The molecular formula is C10H9NO2. The summed E-state index contributed by atoms with van der Waals surface area (Å²) in [5.41, 5.74) is 0. The van der Waals surface area contributed by atoms with Crippen molar-refractivity contribution in [3.05, 3.63) is 30.8 Å². The van der Waals surface area contributed by atoms with E-state index in [1.165, 1.54) is 4.90 Å². The average molecular weight is 175 g/mol. The molecule has 3 heteroatoms. The second-order valence-corrected chi connectivity index (χ2v) is 3.21. The van der Waals surface area contributed by atoms with Gasteiger partial charge in [0.15, 0.2) is 12.2 Å². The van der Waals surface area contributed by atoms with E-state index >= 15 is 0 Å². The summed E-state index contributed by atoms with van der Waals surface area (Å²) >= 11 is 0. The van der Waals surface area contributed by atoms with Gasteiger partial charge in [0.2, 0.25) is 5.91 Å². The van der Waals surface area contributed by atoms with Gasteiger partial charge in [-0.2, -0.15) is 0 Å². The zero-order valence-corrected chi connectivity index (χ0v) is 7.23. The average Bonchev–Trinajstić information content (AvgIpc) is 2.15. The Labute approximate surface area is 76.7 Å². The van der Waals surface area contributed by atoms with E-state index in [9.17, 15) is 9.59 Å². The molecule has 1 fully saturated rings. The highest BCUT2D eigenvalue weighted by Crippen LogP contribution is 2.24. The SMILES string of the molecule is CC1C(=O)[C]C(=O)N2C=CC=CC12. The Bertz CT molecular complexity index is 317. The molecule has 66 valence electrons. The number of nitrogens with zero attached hydrogens (tertiary/aromatic N) is 1. The molecule has 2 atom stereocenters. The van der Waals surface area contributed by atoms with E-state index in [1.807, 2.05) is 19.1 Å². The van der Waals surface area contributed by atoms with Crippen molar-refractivity contribution in [2.75, 3.05) is 0 Å². The number of allylic oxidation sites excluding steroid dienone is 2. The number of rotatable bonds is 0. The van der Waals surface area contributed by atoms with Gasteiger partial charge in [0, 0.05) is 12.1 Å². The molecule has 0 aliphatic carbocycles. The maximum absolute atomic E-state index is 11.3. The fraction of sp³-hybridized carbons (Fsp3) is 0.300. The summed E-state index contributed by atoms with van der Waals surface area (Å²) in [6.07, 6.45) is 9.46. The molecule has 0 aromatic carbocycles. The van der Waals surface area contributed by atoms with Crippen molar-refractivity contribution in [1.29, 1.82) is 0 Å². The van der Waals surface area contributed by atoms with Crippen LogP contribution in [-0.2, 0) is 9.59 Å². The van der Waals surface area contributed by atoms with Crippen LogP contribution < -0.4 is 0 Å². The smallest absolute Gasteiger partial charge is 0.244 e. The molecule has 13 heavy (non-hydrogen) atoms. The molecule has 0 saturated carbocycles. The van der Waals surface area contributed by atoms with Crippen molar-refractivity contribution in [2.45, 2.75) is 13.0 Å². The van der Waals surface area contributed by atoms with Crippen molar-refractivity contribution >= 4 is 11.7 Å². The predicted molar refractivity (Wildman–Crippen MR) is 46.3 cm³/mol. The lowest BCUT2D eigenvalue weighted by atomic mass is 9.88. The number of piperidine rings is 1. The molecule has 0 N–H and O–H groups in total. The van der Waals surface area contributed by atoms with Gasteiger partial charge in [0.1, 0.15) is 0 Å². The fourth-order valence-electron chi connectivity index (χ4n) is 1.56. The first-order valence-corrected chi connectivity index (χ1v) is 4.18. The number of amides is 1.